The summed E-state index contributed by atoms with van der Waals surface area (Å²) in [4.78, 5) is 15.1. The molecule has 0 amide bonds. The summed E-state index contributed by atoms with van der Waals surface area (Å²) in [6.45, 7) is 0. The molecule has 1 heterocycles. The van der Waals surface area contributed by atoms with Crippen LogP contribution in [-0.2, 0) is 0 Å². The molecule has 88 valence electrons. The lowest BCUT2D eigenvalue weighted by atomic mass is 10.2. The van der Waals surface area contributed by atoms with Gasteiger partial charge in [-0.15, -0.1) is 0 Å². The second-order valence-electron chi connectivity index (χ2n) is 4.01. The van der Waals surface area contributed by atoms with Gasteiger partial charge < -0.3 is 4.98 Å². The molecule has 0 aliphatic rings. The Morgan fingerprint density at radius 3 is 2.50 bits per heavy atom. The van der Waals surface area contributed by atoms with Crippen molar-refractivity contribution < 1.29 is 4.79 Å². The minimum absolute atomic E-state index is 0.705. The third-order valence-electron chi connectivity index (χ3n) is 2.75. The molecule has 1 aromatic heterocycles. The van der Waals surface area contributed by atoms with Crippen LogP contribution in [0.4, 0.5) is 0 Å². The fourth-order valence-corrected chi connectivity index (χ4v) is 2.72. The number of nitrogens with one attached hydrogen (secondary N) is 1. The molecule has 0 radical (unpaired) electrons. The standard InChI is InChI=1S/C15H11NOS/c17-10-11-5-7-13(8-6-11)18-15-9-12-3-1-2-4-14(12)16-15/h1-10,16H. The number of aldehydes is 1. The predicted octanol–water partition coefficient (Wildman–Crippen LogP) is 4.13. The van der Waals surface area contributed by atoms with Gasteiger partial charge in [0.2, 0.25) is 0 Å². The van der Waals surface area contributed by atoms with E-state index in [0.717, 1.165) is 21.7 Å². The van der Waals surface area contributed by atoms with Gasteiger partial charge in [-0.25, -0.2) is 0 Å². The van der Waals surface area contributed by atoms with Gasteiger partial charge in [0.05, 0.1) is 5.03 Å². The Kier molecular flexibility index (Phi) is 2.90. The Bertz CT molecular complexity index is 652. The smallest absolute Gasteiger partial charge is 0.150 e. The van der Waals surface area contributed by atoms with Gasteiger partial charge >= 0.3 is 0 Å². The highest BCUT2D eigenvalue weighted by Crippen LogP contribution is 2.29. The molecule has 3 rings (SSSR count). The van der Waals surface area contributed by atoms with Crippen LogP contribution in [0.1, 0.15) is 10.4 Å². The molecule has 0 spiro atoms. The van der Waals surface area contributed by atoms with Crippen molar-refractivity contribution in [3.63, 3.8) is 0 Å². The Balaban J connectivity index is 1.88. The molecule has 0 atom stereocenters. The Labute approximate surface area is 109 Å². The van der Waals surface area contributed by atoms with E-state index < -0.39 is 0 Å². The van der Waals surface area contributed by atoms with E-state index in [4.69, 9.17) is 0 Å². The van der Waals surface area contributed by atoms with Gasteiger partial charge in [0.1, 0.15) is 6.29 Å². The first-order chi connectivity index (χ1) is 8.85. The van der Waals surface area contributed by atoms with Crippen LogP contribution in [0.5, 0.6) is 0 Å². The van der Waals surface area contributed by atoms with Crippen molar-refractivity contribution in [3.05, 3.63) is 60.2 Å². The van der Waals surface area contributed by atoms with E-state index in [2.05, 4.69) is 23.2 Å². The van der Waals surface area contributed by atoms with Crippen LogP contribution in [0.25, 0.3) is 10.9 Å². The number of fused-ring (bicyclic) bond motifs is 1. The number of H-pyrrole nitrogens is 1. The summed E-state index contributed by atoms with van der Waals surface area (Å²) >= 11 is 1.66. The molecule has 0 saturated heterocycles. The monoisotopic (exact) mass is 253 g/mol. The van der Waals surface area contributed by atoms with Crippen molar-refractivity contribution >= 4 is 29.0 Å². The van der Waals surface area contributed by atoms with Crippen molar-refractivity contribution in [2.24, 2.45) is 0 Å². The molecule has 2 aromatic carbocycles. The summed E-state index contributed by atoms with van der Waals surface area (Å²) in [6, 6.07) is 17.9. The molecule has 0 aliphatic heterocycles. The van der Waals surface area contributed by atoms with Gasteiger partial charge in [0.25, 0.3) is 0 Å². The third kappa shape index (κ3) is 2.17. The molecule has 18 heavy (non-hydrogen) atoms. The first-order valence-electron chi connectivity index (χ1n) is 5.66. The van der Waals surface area contributed by atoms with Gasteiger partial charge in [-0.05, 0) is 24.3 Å². The van der Waals surface area contributed by atoms with Crippen LogP contribution in [0.2, 0.25) is 0 Å². The maximum absolute atomic E-state index is 10.6. The van der Waals surface area contributed by atoms with Gasteiger partial charge in [0, 0.05) is 21.4 Å². The van der Waals surface area contributed by atoms with Crippen LogP contribution in [0, 0.1) is 0 Å². The fourth-order valence-electron chi connectivity index (χ4n) is 1.84. The normalized spacial score (nSPS) is 10.7. The molecule has 1 N–H and O–H groups in total. The fraction of sp³-hybridized carbons (Fsp3) is 0. The number of para-hydroxylation sites is 1. The average molecular weight is 253 g/mol. The quantitative estimate of drug-likeness (QED) is 0.712. The van der Waals surface area contributed by atoms with E-state index in [9.17, 15) is 4.79 Å². The van der Waals surface area contributed by atoms with Crippen LogP contribution < -0.4 is 0 Å². The van der Waals surface area contributed by atoms with Gasteiger partial charge in [0.15, 0.2) is 0 Å². The lowest BCUT2D eigenvalue weighted by Gasteiger charge is -1.98. The number of aromatic nitrogens is 1. The van der Waals surface area contributed by atoms with Gasteiger partial charge in [-0.2, -0.15) is 0 Å². The first kappa shape index (κ1) is 11.1. The topological polar surface area (TPSA) is 32.9 Å². The molecule has 3 aromatic rings. The number of hydrogen-bond acceptors (Lipinski definition) is 2. The molecular weight excluding hydrogens is 242 g/mol. The van der Waals surface area contributed by atoms with Crippen LogP contribution in [0.15, 0.2) is 64.5 Å². The highest BCUT2D eigenvalue weighted by atomic mass is 32.2. The van der Waals surface area contributed by atoms with Crippen molar-refractivity contribution in [2.45, 2.75) is 9.92 Å². The van der Waals surface area contributed by atoms with Crippen molar-refractivity contribution in [1.29, 1.82) is 0 Å². The minimum atomic E-state index is 0.705. The molecular formula is C15H11NOS. The van der Waals surface area contributed by atoms with Crippen LogP contribution in [0.3, 0.4) is 0 Å². The van der Waals surface area contributed by atoms with Crippen LogP contribution in [-0.4, -0.2) is 11.3 Å². The number of carbonyl (C=O) groups is 1. The van der Waals surface area contributed by atoms with E-state index in [1.807, 2.05) is 36.4 Å². The summed E-state index contributed by atoms with van der Waals surface area (Å²) in [6.07, 6.45) is 0.859. The van der Waals surface area contributed by atoms with E-state index in [1.54, 1.807) is 11.8 Å². The highest BCUT2D eigenvalue weighted by Gasteiger charge is 2.02. The number of aromatic amines is 1. The van der Waals surface area contributed by atoms with Crippen LogP contribution >= 0.6 is 11.8 Å². The number of hydrogen-bond donors (Lipinski definition) is 1. The third-order valence-corrected chi connectivity index (χ3v) is 3.70. The predicted molar refractivity (Wildman–Crippen MR) is 74.3 cm³/mol. The second-order valence-corrected chi connectivity index (χ2v) is 5.13. The van der Waals surface area contributed by atoms with Crippen molar-refractivity contribution in [3.8, 4) is 0 Å². The van der Waals surface area contributed by atoms with E-state index in [-0.39, 0.29) is 0 Å². The van der Waals surface area contributed by atoms with E-state index in [1.165, 1.54) is 5.39 Å². The largest absolute Gasteiger partial charge is 0.349 e. The van der Waals surface area contributed by atoms with Gasteiger partial charge in [-0.3, -0.25) is 4.79 Å². The zero-order valence-corrected chi connectivity index (χ0v) is 10.4. The highest BCUT2D eigenvalue weighted by molar-refractivity contribution is 7.99. The average Bonchev–Trinajstić information content (AvgIpc) is 2.82. The lowest BCUT2D eigenvalue weighted by Crippen LogP contribution is -1.78. The Morgan fingerprint density at radius 2 is 1.78 bits per heavy atom. The number of carbonyl (C=O) groups excluding carboxylic acids is 1. The molecule has 0 bridgehead atoms. The SMILES string of the molecule is O=Cc1ccc(Sc2cc3ccccc3[nH]2)cc1. The number of rotatable bonds is 3. The second kappa shape index (κ2) is 4.70. The van der Waals surface area contributed by atoms with E-state index in [0.29, 0.717) is 5.56 Å². The summed E-state index contributed by atoms with van der Waals surface area (Å²) in [7, 11) is 0. The van der Waals surface area contributed by atoms with Crippen molar-refractivity contribution in [2.75, 3.05) is 0 Å². The van der Waals surface area contributed by atoms with Crippen molar-refractivity contribution in [1.82, 2.24) is 4.98 Å². The maximum atomic E-state index is 10.6. The summed E-state index contributed by atoms with van der Waals surface area (Å²) in [5.41, 5.74) is 1.85. The van der Waals surface area contributed by atoms with E-state index >= 15 is 0 Å². The summed E-state index contributed by atoms with van der Waals surface area (Å²) in [5.74, 6) is 0. The van der Waals surface area contributed by atoms with Gasteiger partial charge in [-0.1, -0.05) is 42.1 Å². The Morgan fingerprint density at radius 1 is 1.00 bits per heavy atom. The molecule has 0 fully saturated rings. The Hall–Kier alpha value is -2.00. The molecule has 2 nitrogen and oxygen atoms in total. The zero-order chi connectivity index (χ0) is 12.4. The zero-order valence-electron chi connectivity index (χ0n) is 9.59. The molecule has 3 heteroatoms. The lowest BCUT2D eigenvalue weighted by molar-refractivity contribution is 0.112. The summed E-state index contributed by atoms with van der Waals surface area (Å²) < 4.78 is 0. The minimum Gasteiger partial charge on any atom is -0.349 e. The molecule has 0 aliphatic carbocycles. The molecule has 0 unspecified atom stereocenters. The number of benzene rings is 2. The molecule has 0 saturated carbocycles. The first-order valence-corrected chi connectivity index (χ1v) is 6.48. The maximum Gasteiger partial charge on any atom is 0.150 e. The summed E-state index contributed by atoms with van der Waals surface area (Å²) in [5, 5.41) is 2.32.